The van der Waals surface area contributed by atoms with Crippen molar-refractivity contribution in [1.29, 1.82) is 0 Å². The molecule has 2 aromatic heterocycles. The average molecular weight is 218 g/mol. The van der Waals surface area contributed by atoms with Gasteiger partial charge in [0, 0.05) is 18.3 Å². The van der Waals surface area contributed by atoms with Crippen LogP contribution in [0.3, 0.4) is 0 Å². The second-order valence-corrected chi connectivity index (χ2v) is 4.21. The van der Waals surface area contributed by atoms with Crippen molar-refractivity contribution in [2.45, 2.75) is 18.9 Å². The Morgan fingerprint density at radius 3 is 3.12 bits per heavy atom. The van der Waals surface area contributed by atoms with E-state index in [1.807, 2.05) is 18.3 Å². The topological polar surface area (TPSA) is 65.4 Å². The number of hydrogen-bond donors (Lipinski definition) is 1. The second kappa shape index (κ2) is 3.75. The number of fused-ring (bicyclic) bond motifs is 1. The molecule has 1 fully saturated rings. The highest BCUT2D eigenvalue weighted by molar-refractivity contribution is 5.37. The second-order valence-electron chi connectivity index (χ2n) is 4.21. The van der Waals surface area contributed by atoms with Gasteiger partial charge in [0.2, 0.25) is 5.88 Å². The van der Waals surface area contributed by atoms with Crippen LogP contribution in [0.4, 0.5) is 0 Å². The van der Waals surface area contributed by atoms with E-state index >= 15 is 0 Å². The largest absolute Gasteiger partial charge is 0.474 e. The standard InChI is InChI=1S/C11H14N4O/c12-7-8-5-9(6-8)16-11-2-4-15-10(14-11)1-3-13-15/h1-4,8-9H,5-7,12H2. The molecule has 2 aromatic rings. The van der Waals surface area contributed by atoms with Gasteiger partial charge in [-0.15, -0.1) is 0 Å². The molecule has 2 heterocycles. The fourth-order valence-electron chi connectivity index (χ4n) is 1.99. The van der Waals surface area contributed by atoms with Gasteiger partial charge in [-0.1, -0.05) is 0 Å². The molecule has 1 saturated carbocycles. The molecule has 1 aliphatic carbocycles. The Morgan fingerprint density at radius 2 is 2.31 bits per heavy atom. The fraction of sp³-hybridized carbons (Fsp3) is 0.455. The first-order valence-corrected chi connectivity index (χ1v) is 5.52. The Hall–Kier alpha value is -1.62. The molecule has 16 heavy (non-hydrogen) atoms. The van der Waals surface area contributed by atoms with Gasteiger partial charge in [0.25, 0.3) is 0 Å². The van der Waals surface area contributed by atoms with Crippen molar-refractivity contribution < 1.29 is 4.74 Å². The van der Waals surface area contributed by atoms with Crippen LogP contribution in [0.5, 0.6) is 5.88 Å². The van der Waals surface area contributed by atoms with E-state index in [0.717, 1.165) is 25.0 Å². The molecule has 0 atom stereocenters. The quantitative estimate of drug-likeness (QED) is 0.829. The first-order chi connectivity index (χ1) is 7.85. The predicted molar refractivity (Wildman–Crippen MR) is 59.2 cm³/mol. The summed E-state index contributed by atoms with van der Waals surface area (Å²) in [4.78, 5) is 4.35. The zero-order valence-corrected chi connectivity index (χ0v) is 8.91. The molecular formula is C11H14N4O. The lowest BCUT2D eigenvalue weighted by molar-refractivity contribution is 0.0650. The van der Waals surface area contributed by atoms with E-state index in [9.17, 15) is 0 Å². The summed E-state index contributed by atoms with van der Waals surface area (Å²) < 4.78 is 7.47. The summed E-state index contributed by atoms with van der Waals surface area (Å²) >= 11 is 0. The van der Waals surface area contributed by atoms with Gasteiger partial charge in [0.05, 0.1) is 6.20 Å². The van der Waals surface area contributed by atoms with Crippen molar-refractivity contribution in [2.75, 3.05) is 6.54 Å². The number of hydrogen-bond acceptors (Lipinski definition) is 4. The minimum Gasteiger partial charge on any atom is -0.474 e. The van der Waals surface area contributed by atoms with Crippen LogP contribution in [0.2, 0.25) is 0 Å². The van der Waals surface area contributed by atoms with Gasteiger partial charge in [-0.05, 0) is 25.3 Å². The summed E-state index contributed by atoms with van der Waals surface area (Å²) in [5.41, 5.74) is 6.38. The third-order valence-corrected chi connectivity index (χ3v) is 3.05. The minimum atomic E-state index is 0.284. The summed E-state index contributed by atoms with van der Waals surface area (Å²) in [6, 6.07) is 3.70. The van der Waals surface area contributed by atoms with Crippen LogP contribution in [-0.2, 0) is 0 Å². The molecule has 0 saturated heterocycles. The van der Waals surface area contributed by atoms with Gasteiger partial charge >= 0.3 is 0 Å². The first-order valence-electron chi connectivity index (χ1n) is 5.52. The van der Waals surface area contributed by atoms with Crippen molar-refractivity contribution in [3.63, 3.8) is 0 Å². The van der Waals surface area contributed by atoms with E-state index < -0.39 is 0 Å². The lowest BCUT2D eigenvalue weighted by Crippen LogP contribution is -2.37. The van der Waals surface area contributed by atoms with Gasteiger partial charge in [-0.3, -0.25) is 0 Å². The zero-order chi connectivity index (χ0) is 11.0. The van der Waals surface area contributed by atoms with E-state index in [1.165, 1.54) is 0 Å². The Kier molecular flexibility index (Phi) is 2.25. The Balaban J connectivity index is 1.70. The van der Waals surface area contributed by atoms with Gasteiger partial charge < -0.3 is 10.5 Å². The number of nitrogens with zero attached hydrogens (tertiary/aromatic N) is 3. The molecule has 0 amide bonds. The third kappa shape index (κ3) is 1.63. The SMILES string of the molecule is NCC1CC(Oc2ccn3nccc3n2)C1. The summed E-state index contributed by atoms with van der Waals surface area (Å²) in [6.45, 7) is 0.759. The van der Waals surface area contributed by atoms with Crippen molar-refractivity contribution in [1.82, 2.24) is 14.6 Å². The molecule has 0 aliphatic heterocycles. The fourth-order valence-corrected chi connectivity index (χ4v) is 1.99. The Labute approximate surface area is 93.2 Å². The van der Waals surface area contributed by atoms with E-state index in [-0.39, 0.29) is 6.10 Å². The van der Waals surface area contributed by atoms with Crippen LogP contribution in [-0.4, -0.2) is 27.2 Å². The highest BCUT2D eigenvalue weighted by Gasteiger charge is 2.29. The van der Waals surface area contributed by atoms with Crippen molar-refractivity contribution >= 4 is 5.65 Å². The molecule has 0 aromatic carbocycles. The molecule has 2 N–H and O–H groups in total. The molecule has 1 aliphatic rings. The monoisotopic (exact) mass is 218 g/mol. The van der Waals surface area contributed by atoms with E-state index in [2.05, 4.69) is 10.1 Å². The van der Waals surface area contributed by atoms with Crippen molar-refractivity contribution in [3.8, 4) is 5.88 Å². The molecule has 0 spiro atoms. The van der Waals surface area contributed by atoms with Crippen LogP contribution in [0.25, 0.3) is 5.65 Å². The lowest BCUT2D eigenvalue weighted by Gasteiger charge is -2.33. The number of rotatable bonds is 3. The van der Waals surface area contributed by atoms with E-state index in [4.69, 9.17) is 10.5 Å². The molecule has 5 heteroatoms. The minimum absolute atomic E-state index is 0.284. The zero-order valence-electron chi connectivity index (χ0n) is 8.91. The highest BCUT2D eigenvalue weighted by Crippen LogP contribution is 2.29. The van der Waals surface area contributed by atoms with E-state index in [0.29, 0.717) is 11.8 Å². The van der Waals surface area contributed by atoms with Gasteiger partial charge in [-0.2, -0.15) is 10.1 Å². The van der Waals surface area contributed by atoms with Crippen molar-refractivity contribution in [2.24, 2.45) is 11.7 Å². The summed E-state index contributed by atoms with van der Waals surface area (Å²) in [5.74, 6) is 1.30. The number of aromatic nitrogens is 3. The van der Waals surface area contributed by atoms with Crippen LogP contribution in [0, 0.1) is 5.92 Å². The predicted octanol–water partition coefficient (Wildman–Crippen LogP) is 0.845. The molecule has 84 valence electrons. The van der Waals surface area contributed by atoms with Crippen molar-refractivity contribution in [3.05, 3.63) is 24.5 Å². The maximum atomic E-state index is 5.75. The molecule has 3 rings (SSSR count). The van der Waals surface area contributed by atoms with Crippen LogP contribution in [0.15, 0.2) is 24.5 Å². The third-order valence-electron chi connectivity index (χ3n) is 3.05. The maximum Gasteiger partial charge on any atom is 0.217 e. The van der Waals surface area contributed by atoms with Gasteiger partial charge in [0.15, 0.2) is 5.65 Å². The lowest BCUT2D eigenvalue weighted by atomic mass is 9.82. The molecular weight excluding hydrogens is 204 g/mol. The number of ether oxygens (including phenoxy) is 1. The Bertz CT molecular complexity index is 489. The number of nitrogens with two attached hydrogens (primary N) is 1. The van der Waals surface area contributed by atoms with Crippen LogP contribution in [0.1, 0.15) is 12.8 Å². The van der Waals surface area contributed by atoms with E-state index in [1.54, 1.807) is 10.7 Å². The summed E-state index contributed by atoms with van der Waals surface area (Å²) in [7, 11) is 0. The smallest absolute Gasteiger partial charge is 0.217 e. The normalized spacial score (nSPS) is 24.3. The van der Waals surface area contributed by atoms with Gasteiger partial charge in [-0.25, -0.2) is 4.52 Å². The summed E-state index contributed by atoms with van der Waals surface area (Å²) in [6.07, 6.45) is 5.95. The van der Waals surface area contributed by atoms with Crippen LogP contribution < -0.4 is 10.5 Å². The maximum absolute atomic E-state index is 5.75. The summed E-state index contributed by atoms with van der Waals surface area (Å²) in [5, 5.41) is 4.08. The average Bonchev–Trinajstić information content (AvgIpc) is 2.69. The van der Waals surface area contributed by atoms with Crippen LogP contribution >= 0.6 is 0 Å². The first kappa shape index (κ1) is 9.59. The van der Waals surface area contributed by atoms with Gasteiger partial charge in [0.1, 0.15) is 6.10 Å². The molecule has 0 radical (unpaired) electrons. The molecule has 0 bridgehead atoms. The molecule has 0 unspecified atom stereocenters. The molecule has 5 nitrogen and oxygen atoms in total. The Morgan fingerprint density at radius 1 is 1.44 bits per heavy atom. The highest BCUT2D eigenvalue weighted by atomic mass is 16.5.